The molecule has 0 saturated carbocycles. The molecule has 1 rings (SSSR count). The van der Waals surface area contributed by atoms with Crippen molar-refractivity contribution in [3.05, 3.63) is 34.9 Å². The first-order valence-corrected chi connectivity index (χ1v) is 4.95. The molecule has 14 heavy (non-hydrogen) atoms. The van der Waals surface area contributed by atoms with Gasteiger partial charge in [-0.2, -0.15) is 0 Å². The van der Waals surface area contributed by atoms with E-state index < -0.39 is 6.10 Å². The van der Waals surface area contributed by atoms with E-state index in [9.17, 15) is 4.79 Å². The van der Waals surface area contributed by atoms with Crippen molar-refractivity contribution in [3.8, 4) is 0 Å². The highest BCUT2D eigenvalue weighted by Crippen LogP contribution is 2.17. The minimum Gasteiger partial charge on any atom is -0.371 e. The maximum Gasteiger partial charge on any atom is 0.192 e. The Morgan fingerprint density at radius 2 is 2.14 bits per heavy atom. The maximum absolute atomic E-state index is 11.7. The minimum atomic E-state index is -0.431. The van der Waals surface area contributed by atoms with Gasteiger partial charge in [-0.1, -0.05) is 23.7 Å². The van der Waals surface area contributed by atoms with E-state index in [1.54, 1.807) is 31.2 Å². The van der Waals surface area contributed by atoms with Gasteiger partial charge in [0.1, 0.15) is 6.10 Å². The molecule has 0 amide bonds. The molecular formula is C11H13ClO2. The Bertz CT molecular complexity index is 323. The Labute approximate surface area is 88.8 Å². The van der Waals surface area contributed by atoms with Gasteiger partial charge in [-0.05, 0) is 26.0 Å². The van der Waals surface area contributed by atoms with Gasteiger partial charge in [0.15, 0.2) is 5.78 Å². The minimum absolute atomic E-state index is 0.0718. The van der Waals surface area contributed by atoms with Crippen LogP contribution in [0.5, 0.6) is 0 Å². The fraction of sp³-hybridized carbons (Fsp3) is 0.364. The number of benzene rings is 1. The molecule has 0 heterocycles. The fourth-order valence-electron chi connectivity index (χ4n) is 1.21. The zero-order valence-electron chi connectivity index (χ0n) is 8.29. The van der Waals surface area contributed by atoms with Gasteiger partial charge in [0.05, 0.1) is 5.02 Å². The first kappa shape index (κ1) is 11.2. The first-order valence-electron chi connectivity index (χ1n) is 4.57. The molecule has 1 atom stereocenters. The lowest BCUT2D eigenvalue weighted by Gasteiger charge is -2.10. The Morgan fingerprint density at radius 3 is 2.71 bits per heavy atom. The molecule has 0 aromatic heterocycles. The highest BCUT2D eigenvalue weighted by atomic mass is 35.5. The molecule has 0 N–H and O–H groups in total. The summed E-state index contributed by atoms with van der Waals surface area (Å²) in [6, 6.07) is 7.00. The van der Waals surface area contributed by atoms with Crippen molar-refractivity contribution >= 4 is 17.4 Å². The number of halogens is 1. The van der Waals surface area contributed by atoms with Crippen LogP contribution in [0.4, 0.5) is 0 Å². The molecule has 0 radical (unpaired) electrons. The number of ketones is 1. The summed E-state index contributed by atoms with van der Waals surface area (Å²) in [6.07, 6.45) is -0.431. The molecule has 2 nitrogen and oxygen atoms in total. The quantitative estimate of drug-likeness (QED) is 0.718. The van der Waals surface area contributed by atoms with Crippen molar-refractivity contribution in [2.45, 2.75) is 20.0 Å². The summed E-state index contributed by atoms with van der Waals surface area (Å²) >= 11 is 5.89. The summed E-state index contributed by atoms with van der Waals surface area (Å²) in [6.45, 7) is 4.11. The predicted octanol–water partition coefficient (Wildman–Crippen LogP) is 2.95. The molecule has 0 spiro atoms. The highest BCUT2D eigenvalue weighted by Gasteiger charge is 2.17. The summed E-state index contributed by atoms with van der Waals surface area (Å²) in [4.78, 5) is 11.7. The van der Waals surface area contributed by atoms with Gasteiger partial charge in [0, 0.05) is 12.2 Å². The number of rotatable bonds is 4. The molecule has 3 heteroatoms. The number of Topliss-reactive ketones (excluding diaryl/α,β-unsaturated/α-hetero) is 1. The molecule has 1 aromatic carbocycles. The molecular weight excluding hydrogens is 200 g/mol. The number of ether oxygens (including phenoxy) is 1. The molecule has 76 valence electrons. The lowest BCUT2D eigenvalue weighted by Crippen LogP contribution is -2.21. The van der Waals surface area contributed by atoms with Gasteiger partial charge in [-0.3, -0.25) is 4.79 Å². The van der Waals surface area contributed by atoms with Gasteiger partial charge in [-0.15, -0.1) is 0 Å². The van der Waals surface area contributed by atoms with E-state index in [0.717, 1.165) is 0 Å². The van der Waals surface area contributed by atoms with E-state index in [0.29, 0.717) is 17.2 Å². The summed E-state index contributed by atoms with van der Waals surface area (Å²) in [5.74, 6) is -0.0718. The second kappa shape index (κ2) is 5.13. The lowest BCUT2D eigenvalue weighted by atomic mass is 10.1. The Kier molecular flexibility index (Phi) is 4.11. The van der Waals surface area contributed by atoms with E-state index in [1.165, 1.54) is 0 Å². The number of hydrogen-bond acceptors (Lipinski definition) is 2. The monoisotopic (exact) mass is 212 g/mol. The van der Waals surface area contributed by atoms with Crippen molar-refractivity contribution < 1.29 is 9.53 Å². The number of hydrogen-bond donors (Lipinski definition) is 0. The summed E-state index contributed by atoms with van der Waals surface area (Å²) in [5, 5.41) is 0.476. The van der Waals surface area contributed by atoms with Gasteiger partial charge < -0.3 is 4.74 Å². The molecule has 0 fully saturated rings. The Hall–Kier alpha value is -0.860. The largest absolute Gasteiger partial charge is 0.371 e. The first-order chi connectivity index (χ1) is 6.66. The van der Waals surface area contributed by atoms with Crippen LogP contribution in [0.2, 0.25) is 5.02 Å². The van der Waals surface area contributed by atoms with Gasteiger partial charge in [0.25, 0.3) is 0 Å². The molecule has 1 unspecified atom stereocenters. The Morgan fingerprint density at radius 1 is 1.50 bits per heavy atom. The van der Waals surface area contributed by atoms with Crippen LogP contribution >= 0.6 is 11.6 Å². The molecule has 0 saturated heterocycles. The van der Waals surface area contributed by atoms with Crippen molar-refractivity contribution in [2.24, 2.45) is 0 Å². The predicted molar refractivity (Wildman–Crippen MR) is 56.9 cm³/mol. The Balaban J connectivity index is 2.84. The van der Waals surface area contributed by atoms with Crippen molar-refractivity contribution in [1.29, 1.82) is 0 Å². The van der Waals surface area contributed by atoms with Crippen molar-refractivity contribution in [1.82, 2.24) is 0 Å². The van der Waals surface area contributed by atoms with E-state index in [2.05, 4.69) is 0 Å². The second-order valence-corrected chi connectivity index (χ2v) is 3.35. The van der Waals surface area contributed by atoms with E-state index in [1.807, 2.05) is 6.92 Å². The number of carbonyl (C=O) groups is 1. The van der Waals surface area contributed by atoms with E-state index in [4.69, 9.17) is 16.3 Å². The zero-order valence-corrected chi connectivity index (χ0v) is 9.04. The van der Waals surface area contributed by atoms with Crippen LogP contribution in [0.25, 0.3) is 0 Å². The second-order valence-electron chi connectivity index (χ2n) is 2.94. The third kappa shape index (κ3) is 2.56. The standard InChI is InChI=1S/C11H13ClO2/c1-3-14-8(2)11(13)9-6-4-5-7-10(9)12/h4-8H,3H2,1-2H3. The average molecular weight is 213 g/mol. The molecule has 1 aromatic rings. The van der Waals surface area contributed by atoms with Gasteiger partial charge in [0.2, 0.25) is 0 Å². The summed E-state index contributed by atoms with van der Waals surface area (Å²) in [7, 11) is 0. The molecule has 0 aliphatic rings. The lowest BCUT2D eigenvalue weighted by molar-refractivity contribution is 0.0521. The maximum atomic E-state index is 11.7. The molecule has 0 aliphatic heterocycles. The van der Waals surface area contributed by atoms with Crippen molar-refractivity contribution in [2.75, 3.05) is 6.61 Å². The molecule has 0 aliphatic carbocycles. The normalized spacial score (nSPS) is 12.5. The molecule has 0 bridgehead atoms. The summed E-state index contributed by atoms with van der Waals surface area (Å²) < 4.78 is 5.20. The van der Waals surface area contributed by atoms with Crippen LogP contribution in [-0.4, -0.2) is 18.5 Å². The van der Waals surface area contributed by atoms with Crippen molar-refractivity contribution in [3.63, 3.8) is 0 Å². The number of carbonyl (C=O) groups excluding carboxylic acids is 1. The van der Waals surface area contributed by atoms with E-state index in [-0.39, 0.29) is 5.78 Å². The SMILES string of the molecule is CCOC(C)C(=O)c1ccccc1Cl. The zero-order chi connectivity index (χ0) is 10.6. The highest BCUT2D eigenvalue weighted by molar-refractivity contribution is 6.34. The van der Waals surface area contributed by atoms with Crippen LogP contribution in [0.1, 0.15) is 24.2 Å². The van der Waals surface area contributed by atoms with Gasteiger partial charge in [-0.25, -0.2) is 0 Å². The van der Waals surface area contributed by atoms with Crippen LogP contribution in [-0.2, 0) is 4.74 Å². The summed E-state index contributed by atoms with van der Waals surface area (Å²) in [5.41, 5.74) is 0.523. The van der Waals surface area contributed by atoms with E-state index >= 15 is 0 Å². The van der Waals surface area contributed by atoms with Crippen LogP contribution < -0.4 is 0 Å². The topological polar surface area (TPSA) is 26.3 Å². The third-order valence-corrected chi connectivity index (χ3v) is 2.25. The van der Waals surface area contributed by atoms with Crippen LogP contribution in [0.3, 0.4) is 0 Å². The third-order valence-electron chi connectivity index (χ3n) is 1.93. The van der Waals surface area contributed by atoms with Crippen LogP contribution in [0.15, 0.2) is 24.3 Å². The van der Waals surface area contributed by atoms with Gasteiger partial charge >= 0.3 is 0 Å². The van der Waals surface area contributed by atoms with Crippen LogP contribution in [0, 0.1) is 0 Å². The average Bonchev–Trinajstić information content (AvgIpc) is 2.18. The fourth-order valence-corrected chi connectivity index (χ4v) is 1.43. The smallest absolute Gasteiger partial charge is 0.192 e.